The van der Waals surface area contributed by atoms with Crippen LogP contribution >= 0.6 is 0 Å². The van der Waals surface area contributed by atoms with Crippen molar-refractivity contribution in [3.05, 3.63) is 100 Å². The molecule has 1 amide bonds. The molecular weight excluding hydrogens is 428 g/mol. The summed E-state index contributed by atoms with van der Waals surface area (Å²) in [7, 11) is 0. The number of aliphatic hydroxyl groups is 1. The number of hydrogen-bond acceptors (Lipinski definition) is 5. The topological polar surface area (TPSA) is 79.7 Å². The van der Waals surface area contributed by atoms with Crippen LogP contribution in [0.5, 0.6) is 5.75 Å². The molecule has 0 spiro atoms. The molecule has 1 unspecified atom stereocenters. The summed E-state index contributed by atoms with van der Waals surface area (Å²) < 4.78 is 5.74. The van der Waals surface area contributed by atoms with Gasteiger partial charge in [0.2, 0.25) is 0 Å². The lowest BCUT2D eigenvalue weighted by Gasteiger charge is -2.25. The van der Waals surface area contributed by atoms with E-state index in [1.54, 1.807) is 30.5 Å². The first-order valence-electron chi connectivity index (χ1n) is 11.4. The Hall–Kier alpha value is -3.93. The maximum absolute atomic E-state index is 13.2. The van der Waals surface area contributed by atoms with Gasteiger partial charge >= 0.3 is 0 Å². The fourth-order valence-corrected chi connectivity index (χ4v) is 4.22. The second-order valence-corrected chi connectivity index (χ2v) is 8.49. The summed E-state index contributed by atoms with van der Waals surface area (Å²) in [5.74, 6) is -0.829. The largest absolute Gasteiger partial charge is 0.507 e. The van der Waals surface area contributed by atoms with Gasteiger partial charge in [-0.1, -0.05) is 42.8 Å². The Balaban J connectivity index is 1.82. The molecule has 1 N–H and O–H groups in total. The quantitative estimate of drug-likeness (QED) is 0.304. The minimum Gasteiger partial charge on any atom is -0.507 e. The number of carbonyl (C=O) groups excluding carboxylic acids is 2. The number of rotatable bonds is 7. The molecule has 2 heterocycles. The number of ketones is 1. The molecule has 3 aromatic rings. The van der Waals surface area contributed by atoms with Crippen molar-refractivity contribution in [2.24, 2.45) is 0 Å². The molecule has 6 nitrogen and oxygen atoms in total. The lowest BCUT2D eigenvalue weighted by molar-refractivity contribution is -0.140. The highest BCUT2D eigenvalue weighted by atomic mass is 16.5. The SMILES string of the molecule is CCCOc1ccc(/C(O)=C2/C(=O)C(=O)N(Cc3ccccn3)C2c2cccc(C)c2)cc1C. The molecule has 0 aliphatic carbocycles. The Kier molecular flexibility index (Phi) is 6.77. The number of pyridine rings is 1. The highest BCUT2D eigenvalue weighted by molar-refractivity contribution is 6.46. The number of benzene rings is 2. The second kappa shape index (κ2) is 9.91. The van der Waals surface area contributed by atoms with Gasteiger partial charge in [0.25, 0.3) is 11.7 Å². The van der Waals surface area contributed by atoms with Crippen LogP contribution in [0.2, 0.25) is 0 Å². The highest BCUT2D eigenvalue weighted by Gasteiger charge is 2.46. The molecule has 1 saturated heterocycles. The molecule has 0 saturated carbocycles. The highest BCUT2D eigenvalue weighted by Crippen LogP contribution is 2.40. The maximum Gasteiger partial charge on any atom is 0.296 e. The standard InChI is InChI=1S/C28H28N2O4/c1-4-14-34-23-12-11-21(16-19(23)3)26(31)24-25(20-9-7-8-18(2)15-20)30(28(33)27(24)32)17-22-10-5-6-13-29-22/h5-13,15-16,25,31H,4,14,17H2,1-3H3/b26-24-. The van der Waals surface area contributed by atoms with E-state index in [2.05, 4.69) is 4.98 Å². The molecular formula is C28H28N2O4. The number of aryl methyl sites for hydroxylation is 2. The fraction of sp³-hybridized carbons (Fsp3) is 0.250. The van der Waals surface area contributed by atoms with Crippen LogP contribution in [0.15, 0.2) is 72.4 Å². The number of nitrogens with zero attached hydrogens (tertiary/aromatic N) is 2. The molecule has 1 atom stereocenters. The van der Waals surface area contributed by atoms with Gasteiger partial charge in [0.1, 0.15) is 11.5 Å². The molecule has 1 aliphatic rings. The van der Waals surface area contributed by atoms with Crippen molar-refractivity contribution in [1.29, 1.82) is 0 Å². The molecule has 1 aliphatic heterocycles. The zero-order chi connectivity index (χ0) is 24.2. The molecule has 0 bridgehead atoms. The first kappa shape index (κ1) is 23.2. The van der Waals surface area contributed by atoms with Crippen molar-refractivity contribution in [2.45, 2.75) is 39.8 Å². The van der Waals surface area contributed by atoms with E-state index in [1.807, 2.05) is 57.2 Å². The number of hydrogen-bond donors (Lipinski definition) is 1. The van der Waals surface area contributed by atoms with Gasteiger partial charge in [-0.15, -0.1) is 0 Å². The number of amides is 1. The van der Waals surface area contributed by atoms with Crippen molar-refractivity contribution in [2.75, 3.05) is 6.61 Å². The lowest BCUT2D eigenvalue weighted by atomic mass is 9.94. The third-order valence-corrected chi connectivity index (χ3v) is 5.87. The Labute approximate surface area is 199 Å². The Morgan fingerprint density at radius 1 is 1.06 bits per heavy atom. The monoisotopic (exact) mass is 456 g/mol. The first-order chi connectivity index (χ1) is 16.4. The lowest BCUT2D eigenvalue weighted by Crippen LogP contribution is -2.29. The van der Waals surface area contributed by atoms with E-state index < -0.39 is 17.7 Å². The average Bonchev–Trinajstić information content (AvgIpc) is 3.08. The van der Waals surface area contributed by atoms with Crippen molar-refractivity contribution < 1.29 is 19.4 Å². The van der Waals surface area contributed by atoms with Crippen LogP contribution in [-0.2, 0) is 16.1 Å². The predicted octanol–water partition coefficient (Wildman–Crippen LogP) is 5.11. The van der Waals surface area contributed by atoms with E-state index in [0.29, 0.717) is 17.9 Å². The van der Waals surface area contributed by atoms with Crippen LogP contribution in [0, 0.1) is 13.8 Å². The summed E-state index contributed by atoms with van der Waals surface area (Å²) in [5, 5.41) is 11.3. The van der Waals surface area contributed by atoms with Crippen molar-refractivity contribution in [3.8, 4) is 5.75 Å². The zero-order valence-electron chi connectivity index (χ0n) is 19.6. The minimum atomic E-state index is -0.724. The van der Waals surface area contributed by atoms with Crippen LogP contribution in [0.4, 0.5) is 0 Å². The van der Waals surface area contributed by atoms with Crippen molar-refractivity contribution >= 4 is 17.4 Å². The van der Waals surface area contributed by atoms with Crippen molar-refractivity contribution in [1.82, 2.24) is 9.88 Å². The summed E-state index contributed by atoms with van der Waals surface area (Å²) in [4.78, 5) is 32.2. The minimum absolute atomic E-state index is 0.0770. The molecule has 4 rings (SSSR count). The molecule has 34 heavy (non-hydrogen) atoms. The summed E-state index contributed by atoms with van der Waals surface area (Å²) in [6, 6.07) is 17.6. The van der Waals surface area contributed by atoms with Gasteiger partial charge in [-0.2, -0.15) is 0 Å². The number of Topliss-reactive ketones (excluding diaryl/α,β-unsaturated/α-hetero) is 1. The summed E-state index contributed by atoms with van der Waals surface area (Å²) in [6.45, 7) is 6.62. The molecule has 1 aromatic heterocycles. The van der Waals surface area contributed by atoms with E-state index in [4.69, 9.17) is 4.74 Å². The summed E-state index contributed by atoms with van der Waals surface area (Å²) in [5.41, 5.74) is 3.80. The van der Waals surface area contributed by atoms with Gasteiger partial charge in [-0.25, -0.2) is 0 Å². The number of likely N-dealkylation sites (tertiary alicyclic amines) is 1. The van der Waals surface area contributed by atoms with E-state index in [0.717, 1.165) is 28.9 Å². The van der Waals surface area contributed by atoms with E-state index >= 15 is 0 Å². The molecule has 0 radical (unpaired) electrons. The predicted molar refractivity (Wildman–Crippen MR) is 130 cm³/mol. The number of aliphatic hydroxyl groups excluding tert-OH is 1. The van der Waals surface area contributed by atoms with Crippen LogP contribution in [0.25, 0.3) is 5.76 Å². The fourth-order valence-electron chi connectivity index (χ4n) is 4.22. The second-order valence-electron chi connectivity index (χ2n) is 8.49. The maximum atomic E-state index is 13.2. The van der Waals surface area contributed by atoms with Crippen LogP contribution in [0.1, 0.15) is 47.3 Å². The summed E-state index contributed by atoms with van der Waals surface area (Å²) >= 11 is 0. The van der Waals surface area contributed by atoms with Gasteiger partial charge in [-0.3, -0.25) is 14.6 Å². The molecule has 6 heteroatoms. The number of aromatic nitrogens is 1. The number of ether oxygens (including phenoxy) is 1. The van der Waals surface area contributed by atoms with Gasteiger partial charge < -0.3 is 14.7 Å². The smallest absolute Gasteiger partial charge is 0.296 e. The first-order valence-corrected chi connectivity index (χ1v) is 11.4. The van der Waals surface area contributed by atoms with Gasteiger partial charge in [0.15, 0.2) is 0 Å². The average molecular weight is 457 g/mol. The van der Waals surface area contributed by atoms with Gasteiger partial charge in [-0.05, 0) is 61.7 Å². The third-order valence-electron chi connectivity index (χ3n) is 5.87. The number of carbonyl (C=O) groups is 2. The Morgan fingerprint density at radius 2 is 1.88 bits per heavy atom. The van der Waals surface area contributed by atoms with Crippen molar-refractivity contribution in [3.63, 3.8) is 0 Å². The van der Waals surface area contributed by atoms with E-state index in [1.165, 1.54) is 4.90 Å². The van der Waals surface area contributed by atoms with Crippen LogP contribution < -0.4 is 4.74 Å². The molecule has 1 fully saturated rings. The molecule has 174 valence electrons. The normalized spacial score (nSPS) is 17.3. The van der Waals surface area contributed by atoms with Crippen LogP contribution in [0.3, 0.4) is 0 Å². The van der Waals surface area contributed by atoms with Crippen LogP contribution in [-0.4, -0.2) is 33.3 Å². The van der Waals surface area contributed by atoms with Gasteiger partial charge in [0.05, 0.1) is 30.5 Å². The molecule has 2 aromatic carbocycles. The summed E-state index contributed by atoms with van der Waals surface area (Å²) in [6.07, 6.45) is 2.54. The zero-order valence-corrected chi connectivity index (χ0v) is 19.6. The van der Waals surface area contributed by atoms with E-state index in [9.17, 15) is 14.7 Å². The van der Waals surface area contributed by atoms with Gasteiger partial charge in [0, 0.05) is 11.8 Å². The Bertz CT molecular complexity index is 1250. The van der Waals surface area contributed by atoms with E-state index in [-0.39, 0.29) is 17.9 Å². The Morgan fingerprint density at radius 3 is 2.56 bits per heavy atom. The third kappa shape index (κ3) is 4.57.